The van der Waals surface area contributed by atoms with Gasteiger partial charge in [0, 0.05) is 73.5 Å². The number of benzene rings is 2. The Balaban J connectivity index is 1.20. The van der Waals surface area contributed by atoms with E-state index in [1.807, 2.05) is 10.7 Å². The molecule has 2 aromatic heterocycles. The highest BCUT2D eigenvalue weighted by Gasteiger charge is 2.57. The number of halogens is 10. The van der Waals surface area contributed by atoms with Gasteiger partial charge in [-0.15, -0.1) is 0 Å². The van der Waals surface area contributed by atoms with E-state index < -0.39 is 121 Å². The first-order valence-corrected chi connectivity index (χ1v) is 24.8. The Morgan fingerprint density at radius 3 is 1.87 bits per heavy atom. The first kappa shape index (κ1) is 59.8. The van der Waals surface area contributed by atoms with Gasteiger partial charge in [-0.1, -0.05) is 24.3 Å². The number of rotatable bonds is 21. The number of hydrazine groups is 1. The standard InChI is InChI=1S/C50H59F10N11O8/c1-47(2,49(55,56)57)40(65-46(77)78-5)42(73)63-37(14-26-6-8-27(9-7-26)29-17-61-44(62-18-29)68-19-30-10-11-31(20-68)71(30)32-24-79-25-32)38(72)22-70(67-43(74)41(64-45(75)76)48(3,4)50(58,59)60)21-33-34(51)15-28(16-35(33)52)36-12-13-69(66-36)23-39(53)54/h6-9,12-13,15-18,30-32,37-41,64,72H,10-11,14,19-25H2,1-5H3,(H,63,73)(H,65,77)(H,67,74)(H,75,76)/t30?,31?,37-,38-,40+,41+/m0/s1. The zero-order chi connectivity index (χ0) is 57.9. The Bertz CT molecular complexity index is 2760. The van der Waals surface area contributed by atoms with Gasteiger partial charge in [0.2, 0.25) is 11.9 Å². The van der Waals surface area contributed by atoms with Crippen LogP contribution in [0.25, 0.3) is 22.4 Å². The number of carbonyl (C=O) groups is 4. The van der Waals surface area contributed by atoms with Crippen molar-refractivity contribution in [1.29, 1.82) is 0 Å². The van der Waals surface area contributed by atoms with E-state index in [0.717, 1.165) is 43.9 Å². The van der Waals surface area contributed by atoms with Crippen molar-refractivity contribution in [3.8, 4) is 22.4 Å². The third-order valence-electron chi connectivity index (χ3n) is 14.6. The molecule has 4 aromatic rings. The molecular formula is C50H59F10N11O8. The van der Waals surface area contributed by atoms with Crippen LogP contribution in [0.5, 0.6) is 0 Å². The lowest BCUT2D eigenvalue weighted by molar-refractivity contribution is -0.221. The van der Waals surface area contributed by atoms with Gasteiger partial charge < -0.3 is 40.5 Å². The first-order valence-electron chi connectivity index (χ1n) is 24.8. The number of piperazine rings is 1. The number of fused-ring (bicyclic) bond motifs is 2. The van der Waals surface area contributed by atoms with E-state index >= 15 is 8.78 Å². The molecule has 29 heteroatoms. The van der Waals surface area contributed by atoms with Gasteiger partial charge in [-0.25, -0.2) is 42.1 Å². The predicted molar refractivity (Wildman–Crippen MR) is 261 cm³/mol. The van der Waals surface area contributed by atoms with Crippen LogP contribution in [0.2, 0.25) is 0 Å². The van der Waals surface area contributed by atoms with E-state index in [1.54, 1.807) is 24.5 Å². The zero-order valence-electron chi connectivity index (χ0n) is 43.2. The molecule has 4 amide bonds. The number of alkyl halides is 8. The van der Waals surface area contributed by atoms with E-state index in [4.69, 9.17) is 4.74 Å². The Morgan fingerprint density at radius 2 is 1.37 bits per heavy atom. The molecule has 3 aliphatic rings. The van der Waals surface area contributed by atoms with E-state index in [0.29, 0.717) is 93.3 Å². The molecular weight excluding hydrogens is 1070 g/mol. The fraction of sp³-hybridized carbons (Fsp3) is 0.540. The summed E-state index contributed by atoms with van der Waals surface area (Å²) < 4.78 is 156. The number of alkyl carbamates (subject to hydrolysis) is 1. The Morgan fingerprint density at radius 1 is 0.797 bits per heavy atom. The van der Waals surface area contributed by atoms with Crippen molar-refractivity contribution in [3.05, 3.63) is 83.8 Å². The van der Waals surface area contributed by atoms with E-state index in [1.165, 1.54) is 23.5 Å². The highest BCUT2D eigenvalue weighted by Crippen LogP contribution is 2.42. The van der Waals surface area contributed by atoms with Gasteiger partial charge in [-0.2, -0.15) is 31.4 Å². The highest BCUT2D eigenvalue weighted by atomic mass is 19.4. The molecule has 432 valence electrons. The average molecular weight is 1130 g/mol. The second kappa shape index (κ2) is 23.9. The molecule has 0 spiro atoms. The van der Waals surface area contributed by atoms with Crippen molar-refractivity contribution in [1.82, 2.24) is 51.0 Å². The summed E-state index contributed by atoms with van der Waals surface area (Å²) in [5, 5.41) is 31.6. The predicted octanol–water partition coefficient (Wildman–Crippen LogP) is 6.06. The van der Waals surface area contributed by atoms with Crippen LogP contribution in [0.1, 0.15) is 51.7 Å². The fourth-order valence-electron chi connectivity index (χ4n) is 9.71. The maximum atomic E-state index is 16.1. The SMILES string of the molecule is COC(=O)N[C@H](C(=O)N[C@@H](Cc1ccc(-c2cnc(N3CC4CCC(C3)N4C3COC3)nc2)cc1)[C@@H](O)CN(Cc1c(F)cc(-c2ccn(CC(F)F)n2)cc1F)NC(=O)[C@@H](NC(=O)O)C(C)(C)C(F)(F)F)C(C)(C)C(F)(F)F. The lowest BCUT2D eigenvalue weighted by atomic mass is 9.82. The van der Waals surface area contributed by atoms with Crippen molar-refractivity contribution in [2.24, 2.45) is 10.8 Å². The molecule has 6 atom stereocenters. The summed E-state index contributed by atoms with van der Waals surface area (Å²) in [5.74, 6) is -5.58. The number of ether oxygens (including phenoxy) is 2. The minimum Gasteiger partial charge on any atom is -0.465 e. The van der Waals surface area contributed by atoms with Gasteiger partial charge in [0.1, 0.15) is 30.3 Å². The van der Waals surface area contributed by atoms with Crippen molar-refractivity contribution in [2.75, 3.05) is 44.9 Å². The molecule has 0 radical (unpaired) electrons. The van der Waals surface area contributed by atoms with Gasteiger partial charge in [-0.05, 0) is 76.3 Å². The van der Waals surface area contributed by atoms with Crippen LogP contribution < -0.4 is 26.3 Å². The fourth-order valence-corrected chi connectivity index (χ4v) is 9.71. The van der Waals surface area contributed by atoms with Crippen LogP contribution in [0.3, 0.4) is 0 Å². The van der Waals surface area contributed by atoms with Gasteiger partial charge >= 0.3 is 24.5 Å². The molecule has 79 heavy (non-hydrogen) atoms. The van der Waals surface area contributed by atoms with E-state index in [-0.39, 0.29) is 16.8 Å². The molecule has 2 aromatic carbocycles. The smallest absolute Gasteiger partial charge is 0.407 e. The van der Waals surface area contributed by atoms with Gasteiger partial charge in [0.15, 0.2) is 0 Å². The summed E-state index contributed by atoms with van der Waals surface area (Å²) >= 11 is 0. The summed E-state index contributed by atoms with van der Waals surface area (Å²) in [6.07, 6.45) is -13.1. The normalized spacial score (nSPS) is 18.9. The third-order valence-corrected chi connectivity index (χ3v) is 14.6. The van der Waals surface area contributed by atoms with Crippen LogP contribution in [0.15, 0.2) is 61.1 Å². The number of carbonyl (C=O) groups excluding carboxylic acids is 3. The number of nitrogens with zero attached hydrogens (tertiary/aromatic N) is 7. The zero-order valence-corrected chi connectivity index (χ0v) is 43.2. The largest absolute Gasteiger partial charge is 0.465 e. The molecule has 2 unspecified atom stereocenters. The van der Waals surface area contributed by atoms with E-state index in [9.17, 15) is 64.5 Å². The molecule has 7 rings (SSSR count). The number of aliphatic hydroxyl groups is 1. The molecule has 3 aliphatic heterocycles. The lowest BCUT2D eigenvalue weighted by Crippen LogP contribution is -2.63. The molecule has 5 heterocycles. The Hall–Kier alpha value is -6.85. The molecule has 19 nitrogen and oxygen atoms in total. The third kappa shape index (κ3) is 13.8. The van der Waals surface area contributed by atoms with Crippen LogP contribution in [0.4, 0.5) is 59.4 Å². The number of nitrogens with one attached hydrogen (secondary N) is 4. The molecule has 6 N–H and O–H groups in total. The Kier molecular flexibility index (Phi) is 18.1. The second-order valence-corrected chi connectivity index (χ2v) is 20.8. The first-order chi connectivity index (χ1) is 37.0. The number of hydrogen-bond donors (Lipinski definition) is 6. The second-order valence-electron chi connectivity index (χ2n) is 20.8. The maximum Gasteiger partial charge on any atom is 0.407 e. The summed E-state index contributed by atoms with van der Waals surface area (Å²) in [5.41, 5.74) is -4.19. The summed E-state index contributed by atoms with van der Waals surface area (Å²) in [4.78, 5) is 66.1. The summed E-state index contributed by atoms with van der Waals surface area (Å²) in [6.45, 7) is 1.88. The molecule has 2 bridgehead atoms. The van der Waals surface area contributed by atoms with Crippen molar-refractivity contribution >= 4 is 29.9 Å². The van der Waals surface area contributed by atoms with Crippen LogP contribution in [-0.2, 0) is 38.6 Å². The van der Waals surface area contributed by atoms with Gasteiger partial charge in [0.25, 0.3) is 12.3 Å². The molecule has 3 fully saturated rings. The lowest BCUT2D eigenvalue weighted by Gasteiger charge is -2.47. The Labute approximate surface area is 446 Å². The number of hydrogen-bond acceptors (Lipinski definition) is 13. The molecule has 0 saturated carbocycles. The van der Waals surface area contributed by atoms with Crippen molar-refractivity contribution < 1.29 is 82.8 Å². The van der Waals surface area contributed by atoms with Crippen molar-refractivity contribution in [3.63, 3.8) is 0 Å². The topological polar surface area (TPSA) is 229 Å². The maximum absolute atomic E-state index is 16.1. The molecule has 3 saturated heterocycles. The minimum absolute atomic E-state index is 0.166. The van der Waals surface area contributed by atoms with Crippen LogP contribution in [-0.4, -0.2) is 165 Å². The summed E-state index contributed by atoms with van der Waals surface area (Å²) in [7, 11) is 0.817. The monoisotopic (exact) mass is 1130 g/mol. The van der Waals surface area contributed by atoms with Crippen LogP contribution >= 0.6 is 0 Å². The van der Waals surface area contributed by atoms with Gasteiger partial charge in [0.05, 0.1) is 55.0 Å². The quantitative estimate of drug-likeness (QED) is 0.0412. The minimum atomic E-state index is -5.28. The molecule has 0 aliphatic carbocycles. The van der Waals surface area contributed by atoms with Crippen LogP contribution in [0, 0.1) is 22.5 Å². The van der Waals surface area contributed by atoms with E-state index in [2.05, 4.69) is 34.9 Å². The van der Waals surface area contributed by atoms with Gasteiger partial charge in [-0.3, -0.25) is 24.6 Å². The number of aliphatic hydroxyl groups excluding tert-OH is 1. The number of aromatic nitrogens is 4. The highest BCUT2D eigenvalue weighted by molar-refractivity contribution is 5.87. The number of amides is 4. The number of anilines is 1. The average Bonchev–Trinajstić information content (AvgIpc) is 3.93. The van der Waals surface area contributed by atoms with Crippen molar-refractivity contribution in [2.45, 2.75) is 121 Å². The number of methoxy groups -OCH3 is 1. The number of carboxylic acid groups (broad SMARTS) is 1. The summed E-state index contributed by atoms with van der Waals surface area (Å²) in [6, 6.07) is 2.99.